The van der Waals surface area contributed by atoms with Crippen LogP contribution in [0.25, 0.3) is 0 Å². The Bertz CT molecular complexity index is 673. The molecule has 0 fully saturated rings. The highest BCUT2D eigenvalue weighted by atomic mass is 16.3. The van der Waals surface area contributed by atoms with E-state index >= 15 is 0 Å². The quantitative estimate of drug-likeness (QED) is 0.627. The van der Waals surface area contributed by atoms with Crippen molar-refractivity contribution in [2.24, 2.45) is 5.92 Å². The van der Waals surface area contributed by atoms with E-state index in [9.17, 15) is 5.11 Å². The van der Waals surface area contributed by atoms with E-state index in [2.05, 4.69) is 0 Å². The number of benzene rings is 2. The van der Waals surface area contributed by atoms with E-state index in [4.69, 9.17) is 15.0 Å². The van der Waals surface area contributed by atoms with Gasteiger partial charge in [0.15, 0.2) is 0 Å². The molecule has 0 spiro atoms. The highest BCUT2D eigenvalue weighted by molar-refractivity contribution is 5.29. The van der Waals surface area contributed by atoms with E-state index < -0.39 is 5.60 Å². The highest BCUT2D eigenvalue weighted by Crippen LogP contribution is 2.22. The molecule has 0 radical (unpaired) electrons. The van der Waals surface area contributed by atoms with E-state index in [-0.39, 0.29) is 5.92 Å². The van der Waals surface area contributed by atoms with Crippen LogP contribution in [0.5, 0.6) is 11.5 Å². The van der Waals surface area contributed by atoms with Gasteiger partial charge in [0, 0.05) is 5.92 Å². The van der Waals surface area contributed by atoms with Gasteiger partial charge >= 0.3 is 0 Å². The summed E-state index contributed by atoms with van der Waals surface area (Å²) in [5, 5.41) is 27.2. The van der Waals surface area contributed by atoms with Gasteiger partial charge in [-0.3, -0.25) is 0 Å². The largest absolute Gasteiger partial charge is 0.508 e. The summed E-state index contributed by atoms with van der Waals surface area (Å²) in [6.07, 6.45) is 7.65. The van der Waals surface area contributed by atoms with Crippen molar-refractivity contribution < 1.29 is 20.1 Å². The summed E-state index contributed by atoms with van der Waals surface area (Å²) >= 11 is 0. The van der Waals surface area contributed by atoms with Gasteiger partial charge in [0.25, 0.3) is 0 Å². The minimum Gasteiger partial charge on any atom is -0.508 e. The normalized spacial score (nSPS) is 19.4. The number of aryl methyl sites for hydroxylation is 2. The second-order valence-corrected chi connectivity index (χ2v) is 6.38. The van der Waals surface area contributed by atoms with Crippen LogP contribution in [0.2, 0.25) is 0 Å². The third-order valence-electron chi connectivity index (χ3n) is 4.02. The van der Waals surface area contributed by atoms with Crippen molar-refractivity contribution in [3.63, 3.8) is 0 Å². The Balaban J connectivity index is 0.000000359. The van der Waals surface area contributed by atoms with Gasteiger partial charge in [-0.15, -0.1) is 0 Å². The molecule has 0 saturated heterocycles. The number of carbonyl (C=O) groups excluding carboxylic acids is 1. The number of allylic oxidation sites excluding steroid dienone is 2. The van der Waals surface area contributed by atoms with Crippen molar-refractivity contribution >= 4 is 6.79 Å². The van der Waals surface area contributed by atoms with Crippen LogP contribution in [0.3, 0.4) is 0 Å². The molecule has 0 aromatic heterocycles. The van der Waals surface area contributed by atoms with Crippen molar-refractivity contribution in [2.75, 3.05) is 0 Å². The van der Waals surface area contributed by atoms with Gasteiger partial charge in [-0.05, 0) is 44.5 Å². The molecule has 0 saturated carbocycles. The molecule has 2 aromatic rings. The summed E-state index contributed by atoms with van der Waals surface area (Å²) in [7, 11) is 0. The SMILES string of the molecule is C=O.CC1C=CC=CC1(C)O.Cc1ccc(O)cc1.Cc1ccccc1O. The number of hydrogen-bond donors (Lipinski definition) is 3. The molecule has 4 heteroatoms. The van der Waals surface area contributed by atoms with Gasteiger partial charge in [0.2, 0.25) is 0 Å². The van der Waals surface area contributed by atoms with Crippen LogP contribution in [0.15, 0.2) is 72.8 Å². The van der Waals surface area contributed by atoms with Crippen molar-refractivity contribution in [1.29, 1.82) is 0 Å². The molecular weight excluding hydrogens is 340 g/mol. The van der Waals surface area contributed by atoms with Gasteiger partial charge in [0.1, 0.15) is 18.3 Å². The lowest BCUT2D eigenvalue weighted by atomic mass is 9.87. The van der Waals surface area contributed by atoms with E-state index in [1.165, 1.54) is 5.56 Å². The summed E-state index contributed by atoms with van der Waals surface area (Å²) in [6, 6.07) is 14.3. The Morgan fingerprint density at radius 3 is 1.81 bits per heavy atom. The standard InChI is InChI=1S/C8H12O.2C7H8O.CH2O/c1-7-5-3-4-6-8(7,2)9;1-6-2-4-7(8)5-3-6;1-6-4-2-3-5-7(6)8;1-2/h3-7,9H,1-2H3;2*2-5,8H,1H3;1H2. The Morgan fingerprint density at radius 1 is 0.926 bits per heavy atom. The van der Waals surface area contributed by atoms with Gasteiger partial charge < -0.3 is 20.1 Å². The zero-order chi connectivity index (χ0) is 20.9. The zero-order valence-electron chi connectivity index (χ0n) is 16.5. The summed E-state index contributed by atoms with van der Waals surface area (Å²) in [5.41, 5.74) is 1.46. The molecular formula is C23H30O4. The average molecular weight is 370 g/mol. The smallest absolute Gasteiger partial charge is 0.118 e. The lowest BCUT2D eigenvalue weighted by Gasteiger charge is -2.26. The monoisotopic (exact) mass is 370 g/mol. The van der Waals surface area contributed by atoms with Crippen LogP contribution in [0.4, 0.5) is 0 Å². The maximum absolute atomic E-state index is 9.50. The predicted octanol–water partition coefficient (Wildman–Crippen LogP) is 4.72. The molecule has 4 nitrogen and oxygen atoms in total. The molecule has 2 aromatic carbocycles. The molecule has 0 heterocycles. The first-order chi connectivity index (χ1) is 12.7. The van der Waals surface area contributed by atoms with Gasteiger partial charge in [-0.1, -0.05) is 67.1 Å². The molecule has 2 unspecified atom stereocenters. The number of para-hydroxylation sites is 1. The summed E-state index contributed by atoms with van der Waals surface area (Å²) in [5.74, 6) is 0.936. The highest BCUT2D eigenvalue weighted by Gasteiger charge is 2.23. The van der Waals surface area contributed by atoms with Crippen molar-refractivity contribution in [3.05, 3.63) is 84.0 Å². The molecule has 2 atom stereocenters. The topological polar surface area (TPSA) is 77.8 Å². The number of aromatic hydroxyl groups is 2. The Labute approximate surface area is 162 Å². The molecule has 3 rings (SSSR count). The minimum absolute atomic E-state index is 0.238. The van der Waals surface area contributed by atoms with E-state index in [1.54, 1.807) is 18.2 Å². The van der Waals surface area contributed by atoms with Crippen LogP contribution in [-0.2, 0) is 4.79 Å². The zero-order valence-corrected chi connectivity index (χ0v) is 16.5. The fraction of sp³-hybridized carbons (Fsp3) is 0.261. The number of phenolic OH excluding ortho intramolecular Hbond substituents is 2. The fourth-order valence-electron chi connectivity index (χ4n) is 1.94. The lowest BCUT2D eigenvalue weighted by molar-refractivity contribution is -0.0980. The fourth-order valence-corrected chi connectivity index (χ4v) is 1.94. The number of carbonyl (C=O) groups is 1. The summed E-state index contributed by atoms with van der Waals surface area (Å²) in [4.78, 5) is 8.00. The van der Waals surface area contributed by atoms with Crippen molar-refractivity contribution in [3.8, 4) is 11.5 Å². The summed E-state index contributed by atoms with van der Waals surface area (Å²) < 4.78 is 0. The molecule has 1 aliphatic carbocycles. The molecule has 1 aliphatic rings. The number of hydrogen-bond acceptors (Lipinski definition) is 4. The molecule has 0 bridgehead atoms. The third-order valence-corrected chi connectivity index (χ3v) is 4.02. The number of phenols is 2. The van der Waals surface area contributed by atoms with Crippen LogP contribution >= 0.6 is 0 Å². The van der Waals surface area contributed by atoms with Crippen LogP contribution in [0.1, 0.15) is 25.0 Å². The summed E-state index contributed by atoms with van der Waals surface area (Å²) in [6.45, 7) is 9.67. The van der Waals surface area contributed by atoms with Crippen LogP contribution in [-0.4, -0.2) is 27.7 Å². The average Bonchev–Trinajstić information content (AvgIpc) is 2.65. The van der Waals surface area contributed by atoms with E-state index in [1.807, 2.05) is 89.1 Å². The van der Waals surface area contributed by atoms with Crippen LogP contribution < -0.4 is 0 Å². The van der Waals surface area contributed by atoms with E-state index in [0.717, 1.165) is 5.56 Å². The number of rotatable bonds is 0. The second-order valence-electron chi connectivity index (χ2n) is 6.38. The predicted molar refractivity (Wildman–Crippen MR) is 111 cm³/mol. The molecule has 3 N–H and O–H groups in total. The van der Waals surface area contributed by atoms with E-state index in [0.29, 0.717) is 11.5 Å². The van der Waals surface area contributed by atoms with Crippen molar-refractivity contribution in [2.45, 2.75) is 33.3 Å². The maximum atomic E-state index is 9.50. The third kappa shape index (κ3) is 10.0. The Hall–Kier alpha value is -2.85. The molecule has 27 heavy (non-hydrogen) atoms. The second kappa shape index (κ2) is 12.5. The minimum atomic E-state index is -0.630. The lowest BCUT2D eigenvalue weighted by Crippen LogP contribution is -2.29. The van der Waals surface area contributed by atoms with Gasteiger partial charge in [-0.2, -0.15) is 0 Å². The first kappa shape index (κ1) is 24.2. The molecule has 0 amide bonds. The molecule has 0 aliphatic heterocycles. The Morgan fingerprint density at radius 2 is 1.48 bits per heavy atom. The first-order valence-electron chi connectivity index (χ1n) is 8.60. The number of aliphatic hydroxyl groups is 1. The molecule has 146 valence electrons. The van der Waals surface area contributed by atoms with Crippen LogP contribution in [0, 0.1) is 19.8 Å². The Kier molecular flexibility index (Phi) is 11.2. The van der Waals surface area contributed by atoms with Gasteiger partial charge in [-0.25, -0.2) is 0 Å². The van der Waals surface area contributed by atoms with Crippen molar-refractivity contribution in [1.82, 2.24) is 0 Å². The first-order valence-corrected chi connectivity index (χ1v) is 8.60. The van der Waals surface area contributed by atoms with Gasteiger partial charge in [0.05, 0.1) is 5.60 Å². The maximum Gasteiger partial charge on any atom is 0.118 e.